The summed E-state index contributed by atoms with van der Waals surface area (Å²) in [6.45, 7) is 2.15. The van der Waals surface area contributed by atoms with E-state index in [2.05, 4.69) is 37.3 Å². The summed E-state index contributed by atoms with van der Waals surface area (Å²) in [5.74, 6) is 0.457. The van der Waals surface area contributed by atoms with Gasteiger partial charge in [0.15, 0.2) is 0 Å². The molecule has 0 amide bonds. The molecule has 1 N–H and O–H groups in total. The van der Waals surface area contributed by atoms with E-state index in [4.69, 9.17) is 0 Å². The molecule has 0 saturated carbocycles. The molecule has 0 unspecified atom stereocenters. The predicted molar refractivity (Wildman–Crippen MR) is 70.3 cm³/mol. The van der Waals surface area contributed by atoms with Crippen molar-refractivity contribution in [2.24, 2.45) is 0 Å². The summed E-state index contributed by atoms with van der Waals surface area (Å²) in [6.07, 6.45) is 3.00. The number of phenolic OH excluding ortho intramolecular Hbond substituents is 1. The molecule has 2 aromatic rings. The zero-order chi connectivity index (χ0) is 11.8. The third kappa shape index (κ3) is 1.54. The average Bonchev–Trinajstić information content (AvgIpc) is 2.72. The van der Waals surface area contributed by atoms with Crippen LogP contribution in [0.3, 0.4) is 0 Å². The Morgan fingerprint density at radius 2 is 1.88 bits per heavy atom. The summed E-state index contributed by atoms with van der Waals surface area (Å²) in [7, 11) is 0. The number of aromatic hydroxyl groups is 1. The first-order valence-electron chi connectivity index (χ1n) is 6.23. The summed E-state index contributed by atoms with van der Waals surface area (Å²) in [5.41, 5.74) is 6.49. The lowest BCUT2D eigenvalue weighted by Crippen LogP contribution is -1.93. The standard InChI is InChI=1S/C16H16O/c1-2-5-14-15-10-11-6-3-4-7-12(11)13(15)8-9-16(14)17/h3-4,6-9,17H,2,5,10H2,1H3. The van der Waals surface area contributed by atoms with E-state index >= 15 is 0 Å². The lowest BCUT2D eigenvalue weighted by atomic mass is 9.97. The van der Waals surface area contributed by atoms with Crippen molar-refractivity contribution in [1.82, 2.24) is 0 Å². The van der Waals surface area contributed by atoms with Gasteiger partial charge in [-0.25, -0.2) is 0 Å². The van der Waals surface area contributed by atoms with Gasteiger partial charge < -0.3 is 5.11 Å². The first kappa shape index (κ1) is 10.4. The molecule has 3 rings (SSSR count). The lowest BCUT2D eigenvalue weighted by molar-refractivity contribution is 0.467. The van der Waals surface area contributed by atoms with Crippen LogP contribution in [0.15, 0.2) is 36.4 Å². The van der Waals surface area contributed by atoms with Crippen molar-refractivity contribution in [3.05, 3.63) is 53.1 Å². The monoisotopic (exact) mass is 224 g/mol. The summed E-state index contributed by atoms with van der Waals surface area (Å²) in [4.78, 5) is 0. The van der Waals surface area contributed by atoms with Crippen LogP contribution >= 0.6 is 0 Å². The molecule has 1 aliphatic carbocycles. The summed E-state index contributed by atoms with van der Waals surface area (Å²) in [5, 5.41) is 9.98. The van der Waals surface area contributed by atoms with Gasteiger partial charge in [0.05, 0.1) is 0 Å². The number of rotatable bonds is 2. The van der Waals surface area contributed by atoms with Gasteiger partial charge in [-0.05, 0) is 46.7 Å². The zero-order valence-corrected chi connectivity index (χ0v) is 10.0. The maximum atomic E-state index is 9.98. The minimum Gasteiger partial charge on any atom is -0.508 e. The maximum Gasteiger partial charge on any atom is 0.119 e. The molecular weight excluding hydrogens is 208 g/mol. The molecule has 1 nitrogen and oxygen atoms in total. The molecule has 86 valence electrons. The Hall–Kier alpha value is -1.76. The Kier molecular flexibility index (Phi) is 2.40. The van der Waals surface area contributed by atoms with Gasteiger partial charge in [-0.3, -0.25) is 0 Å². The van der Waals surface area contributed by atoms with E-state index in [1.165, 1.54) is 22.3 Å². The van der Waals surface area contributed by atoms with Crippen LogP contribution in [0.5, 0.6) is 5.75 Å². The molecule has 0 radical (unpaired) electrons. The van der Waals surface area contributed by atoms with E-state index in [1.54, 1.807) is 0 Å². The highest BCUT2D eigenvalue weighted by Crippen LogP contribution is 2.41. The largest absolute Gasteiger partial charge is 0.508 e. The van der Waals surface area contributed by atoms with E-state index in [0.29, 0.717) is 5.75 Å². The minimum atomic E-state index is 0.457. The molecule has 17 heavy (non-hydrogen) atoms. The fourth-order valence-electron chi connectivity index (χ4n) is 2.79. The highest BCUT2D eigenvalue weighted by molar-refractivity contribution is 5.79. The Morgan fingerprint density at radius 3 is 2.71 bits per heavy atom. The topological polar surface area (TPSA) is 20.2 Å². The van der Waals surface area contributed by atoms with Gasteiger partial charge in [0.2, 0.25) is 0 Å². The molecule has 0 aromatic heterocycles. The van der Waals surface area contributed by atoms with Crippen molar-refractivity contribution >= 4 is 0 Å². The van der Waals surface area contributed by atoms with E-state index in [0.717, 1.165) is 24.8 Å². The molecule has 0 fully saturated rings. The second-order valence-electron chi connectivity index (χ2n) is 4.67. The Labute approximate surface area is 102 Å². The van der Waals surface area contributed by atoms with Gasteiger partial charge in [-0.15, -0.1) is 0 Å². The fourth-order valence-corrected chi connectivity index (χ4v) is 2.79. The third-order valence-electron chi connectivity index (χ3n) is 3.58. The second-order valence-corrected chi connectivity index (χ2v) is 4.67. The van der Waals surface area contributed by atoms with Crippen LogP contribution < -0.4 is 0 Å². The number of hydrogen-bond acceptors (Lipinski definition) is 1. The van der Waals surface area contributed by atoms with Crippen LogP contribution in [0.2, 0.25) is 0 Å². The first-order chi connectivity index (χ1) is 8.31. The van der Waals surface area contributed by atoms with E-state index in [1.807, 2.05) is 6.07 Å². The van der Waals surface area contributed by atoms with Crippen LogP contribution in [-0.4, -0.2) is 5.11 Å². The molecule has 2 aromatic carbocycles. The molecule has 1 aliphatic rings. The molecule has 1 heteroatoms. The molecule has 0 saturated heterocycles. The van der Waals surface area contributed by atoms with Crippen molar-refractivity contribution in [1.29, 1.82) is 0 Å². The molecule has 0 spiro atoms. The lowest BCUT2D eigenvalue weighted by Gasteiger charge is -2.09. The van der Waals surface area contributed by atoms with Gasteiger partial charge in [0.1, 0.15) is 5.75 Å². The van der Waals surface area contributed by atoms with Gasteiger partial charge in [0, 0.05) is 0 Å². The highest BCUT2D eigenvalue weighted by Gasteiger charge is 2.21. The highest BCUT2D eigenvalue weighted by atomic mass is 16.3. The molecular formula is C16H16O. The third-order valence-corrected chi connectivity index (χ3v) is 3.58. The van der Waals surface area contributed by atoms with Gasteiger partial charge >= 0.3 is 0 Å². The maximum absolute atomic E-state index is 9.98. The summed E-state index contributed by atoms with van der Waals surface area (Å²) < 4.78 is 0. The van der Waals surface area contributed by atoms with Crippen LogP contribution in [0, 0.1) is 0 Å². The predicted octanol–water partition coefficient (Wildman–Crippen LogP) is 3.92. The Balaban J connectivity index is 2.20. The average molecular weight is 224 g/mol. The van der Waals surface area contributed by atoms with Crippen molar-refractivity contribution < 1.29 is 5.11 Å². The molecule has 0 atom stereocenters. The zero-order valence-electron chi connectivity index (χ0n) is 10.0. The fraction of sp³-hybridized carbons (Fsp3) is 0.250. The van der Waals surface area contributed by atoms with Gasteiger partial charge in [-0.2, -0.15) is 0 Å². The molecule has 0 bridgehead atoms. The van der Waals surface area contributed by atoms with E-state index in [9.17, 15) is 5.11 Å². The molecule has 0 aliphatic heterocycles. The smallest absolute Gasteiger partial charge is 0.119 e. The quantitative estimate of drug-likeness (QED) is 0.699. The minimum absolute atomic E-state index is 0.457. The Morgan fingerprint density at radius 1 is 1.06 bits per heavy atom. The van der Waals surface area contributed by atoms with E-state index in [-0.39, 0.29) is 0 Å². The van der Waals surface area contributed by atoms with Crippen molar-refractivity contribution in [2.45, 2.75) is 26.2 Å². The first-order valence-corrected chi connectivity index (χ1v) is 6.23. The van der Waals surface area contributed by atoms with Gasteiger partial charge in [0.25, 0.3) is 0 Å². The van der Waals surface area contributed by atoms with Crippen molar-refractivity contribution in [3.8, 4) is 16.9 Å². The number of fused-ring (bicyclic) bond motifs is 3. The normalized spacial score (nSPS) is 12.3. The number of phenols is 1. The SMILES string of the molecule is CCCc1c(O)ccc2c1Cc1ccccc1-2. The summed E-state index contributed by atoms with van der Waals surface area (Å²) >= 11 is 0. The van der Waals surface area contributed by atoms with Crippen LogP contribution in [0.1, 0.15) is 30.0 Å². The van der Waals surface area contributed by atoms with Gasteiger partial charge in [-0.1, -0.05) is 43.7 Å². The van der Waals surface area contributed by atoms with Crippen LogP contribution in [0.25, 0.3) is 11.1 Å². The molecule has 0 heterocycles. The Bertz CT molecular complexity index is 570. The second kappa shape index (κ2) is 3.92. The van der Waals surface area contributed by atoms with Crippen molar-refractivity contribution in [3.63, 3.8) is 0 Å². The van der Waals surface area contributed by atoms with Crippen molar-refractivity contribution in [2.75, 3.05) is 0 Å². The van der Waals surface area contributed by atoms with Crippen LogP contribution in [-0.2, 0) is 12.8 Å². The van der Waals surface area contributed by atoms with Crippen LogP contribution in [0.4, 0.5) is 0 Å². The number of benzene rings is 2. The number of hydrogen-bond donors (Lipinski definition) is 1. The summed E-state index contributed by atoms with van der Waals surface area (Å²) in [6, 6.07) is 12.4. The van der Waals surface area contributed by atoms with E-state index < -0.39 is 0 Å².